The second-order valence-electron chi connectivity index (χ2n) is 4.13. The summed E-state index contributed by atoms with van der Waals surface area (Å²) in [7, 11) is 0. The van der Waals surface area contributed by atoms with E-state index in [0.717, 1.165) is 12.0 Å². The fourth-order valence-electron chi connectivity index (χ4n) is 1.73. The molecule has 1 aromatic heterocycles. The summed E-state index contributed by atoms with van der Waals surface area (Å²) in [5.74, 6) is 0.239. The zero-order chi connectivity index (χ0) is 12.1. The molecule has 0 spiro atoms. The highest BCUT2D eigenvalue weighted by Gasteiger charge is 1.99. The maximum atomic E-state index is 10.9. The first-order chi connectivity index (χ1) is 8.25. The van der Waals surface area contributed by atoms with Crippen LogP contribution in [0.25, 0.3) is 11.1 Å². The van der Waals surface area contributed by atoms with E-state index in [2.05, 4.69) is 29.2 Å². The molecule has 0 radical (unpaired) electrons. The highest BCUT2D eigenvalue weighted by molar-refractivity contribution is 5.75. The summed E-state index contributed by atoms with van der Waals surface area (Å²) in [6, 6.07) is 12.3. The summed E-state index contributed by atoms with van der Waals surface area (Å²) >= 11 is 0. The van der Waals surface area contributed by atoms with Crippen LogP contribution < -0.4 is 0 Å². The normalized spacial score (nSPS) is 10.2. The minimum absolute atomic E-state index is 0.239. The third-order valence-corrected chi connectivity index (χ3v) is 2.73. The fourth-order valence-corrected chi connectivity index (χ4v) is 1.73. The molecule has 0 aliphatic carbocycles. The van der Waals surface area contributed by atoms with Gasteiger partial charge in [0.2, 0.25) is 0 Å². The zero-order valence-corrected chi connectivity index (χ0v) is 9.89. The van der Waals surface area contributed by atoms with Gasteiger partial charge in [-0.3, -0.25) is 4.98 Å². The van der Waals surface area contributed by atoms with Gasteiger partial charge in [0.15, 0.2) is 0 Å². The second-order valence-corrected chi connectivity index (χ2v) is 4.13. The number of nitrogens with zero attached hydrogens (tertiary/aromatic N) is 1. The van der Waals surface area contributed by atoms with Crippen LogP contribution in [0.3, 0.4) is 0 Å². The van der Waals surface area contributed by atoms with Crippen molar-refractivity contribution < 1.29 is 4.79 Å². The molecule has 0 saturated carbocycles. The Bertz CT molecular complexity index is 488. The molecule has 2 nitrogen and oxygen atoms in total. The molecule has 2 aromatic rings. The lowest BCUT2D eigenvalue weighted by molar-refractivity contribution is -0.116. The summed E-state index contributed by atoms with van der Waals surface area (Å²) in [5, 5.41) is 0. The van der Waals surface area contributed by atoms with Crippen molar-refractivity contribution in [2.24, 2.45) is 0 Å². The van der Waals surface area contributed by atoms with Crippen LogP contribution in [-0.4, -0.2) is 10.8 Å². The molecule has 0 amide bonds. The maximum absolute atomic E-state index is 10.9. The number of aryl methyl sites for hydroxylation is 1. The molecular weight excluding hydrogens is 210 g/mol. The summed E-state index contributed by atoms with van der Waals surface area (Å²) in [6.45, 7) is 1.63. The molecule has 2 rings (SSSR count). The van der Waals surface area contributed by atoms with E-state index in [1.54, 1.807) is 19.3 Å². The van der Waals surface area contributed by atoms with Gasteiger partial charge in [0.1, 0.15) is 5.78 Å². The van der Waals surface area contributed by atoms with Gasteiger partial charge in [-0.15, -0.1) is 0 Å². The first-order valence-corrected chi connectivity index (χ1v) is 5.74. The largest absolute Gasteiger partial charge is 0.300 e. The van der Waals surface area contributed by atoms with Gasteiger partial charge >= 0.3 is 0 Å². The van der Waals surface area contributed by atoms with E-state index in [-0.39, 0.29) is 5.78 Å². The van der Waals surface area contributed by atoms with Crippen LogP contribution in [0.1, 0.15) is 18.9 Å². The predicted octanol–water partition coefficient (Wildman–Crippen LogP) is 3.27. The molecule has 0 fully saturated rings. The molecule has 0 N–H and O–H groups in total. The van der Waals surface area contributed by atoms with Crippen molar-refractivity contribution in [2.75, 3.05) is 0 Å². The van der Waals surface area contributed by atoms with Crippen molar-refractivity contribution in [2.45, 2.75) is 19.8 Å². The lowest BCUT2D eigenvalue weighted by Crippen LogP contribution is -1.93. The third-order valence-electron chi connectivity index (χ3n) is 2.73. The third kappa shape index (κ3) is 3.25. The van der Waals surface area contributed by atoms with Gasteiger partial charge < -0.3 is 4.79 Å². The number of hydrogen-bond acceptors (Lipinski definition) is 2. The molecule has 0 saturated heterocycles. The van der Waals surface area contributed by atoms with E-state index in [0.29, 0.717) is 6.42 Å². The van der Waals surface area contributed by atoms with Crippen LogP contribution in [0, 0.1) is 0 Å². The summed E-state index contributed by atoms with van der Waals surface area (Å²) in [4.78, 5) is 14.9. The Morgan fingerprint density at radius 1 is 1.00 bits per heavy atom. The minimum Gasteiger partial charge on any atom is -0.300 e. The summed E-state index contributed by atoms with van der Waals surface area (Å²) < 4.78 is 0. The van der Waals surface area contributed by atoms with Gasteiger partial charge in [-0.05, 0) is 42.2 Å². The number of pyridine rings is 1. The van der Waals surface area contributed by atoms with Gasteiger partial charge in [-0.2, -0.15) is 0 Å². The fraction of sp³-hybridized carbons (Fsp3) is 0.200. The SMILES string of the molecule is CC(=O)CCc1ccc(-c2ccncc2)cc1. The average molecular weight is 225 g/mol. The molecule has 86 valence electrons. The Morgan fingerprint density at radius 3 is 2.18 bits per heavy atom. The quantitative estimate of drug-likeness (QED) is 0.799. The maximum Gasteiger partial charge on any atom is 0.130 e. The summed E-state index contributed by atoms with van der Waals surface area (Å²) in [6.07, 6.45) is 5.03. The molecule has 1 aromatic carbocycles. The molecule has 0 bridgehead atoms. The van der Waals surface area contributed by atoms with Crippen molar-refractivity contribution in [3.63, 3.8) is 0 Å². The average Bonchev–Trinajstić information content (AvgIpc) is 2.38. The van der Waals surface area contributed by atoms with E-state index in [4.69, 9.17) is 0 Å². The topological polar surface area (TPSA) is 30.0 Å². The molecule has 17 heavy (non-hydrogen) atoms. The van der Waals surface area contributed by atoms with Crippen LogP contribution in [0.15, 0.2) is 48.8 Å². The molecule has 0 atom stereocenters. The Morgan fingerprint density at radius 2 is 1.59 bits per heavy atom. The minimum atomic E-state index is 0.239. The van der Waals surface area contributed by atoms with Crippen LogP contribution >= 0.6 is 0 Å². The Balaban J connectivity index is 2.11. The zero-order valence-electron chi connectivity index (χ0n) is 9.89. The predicted molar refractivity (Wildman–Crippen MR) is 68.7 cm³/mol. The smallest absolute Gasteiger partial charge is 0.130 e. The van der Waals surface area contributed by atoms with Crippen molar-refractivity contribution in [3.8, 4) is 11.1 Å². The van der Waals surface area contributed by atoms with Crippen LogP contribution in [0.5, 0.6) is 0 Å². The van der Waals surface area contributed by atoms with E-state index < -0.39 is 0 Å². The Labute approximate surface area is 101 Å². The molecule has 0 unspecified atom stereocenters. The number of rotatable bonds is 4. The number of ketones is 1. The van der Waals surface area contributed by atoms with Crippen LogP contribution in [-0.2, 0) is 11.2 Å². The molecular formula is C15H15NO. The molecule has 0 aliphatic rings. The lowest BCUT2D eigenvalue weighted by Gasteiger charge is -2.03. The highest BCUT2D eigenvalue weighted by atomic mass is 16.1. The monoisotopic (exact) mass is 225 g/mol. The van der Waals surface area contributed by atoms with Crippen molar-refractivity contribution >= 4 is 5.78 Å². The van der Waals surface area contributed by atoms with Crippen molar-refractivity contribution in [1.82, 2.24) is 4.98 Å². The number of benzene rings is 1. The second kappa shape index (κ2) is 5.39. The van der Waals surface area contributed by atoms with E-state index >= 15 is 0 Å². The Kier molecular flexibility index (Phi) is 3.66. The van der Waals surface area contributed by atoms with Gasteiger partial charge in [0.25, 0.3) is 0 Å². The number of carbonyl (C=O) groups excluding carboxylic acids is 1. The number of Topliss-reactive ketones (excluding diaryl/α,β-unsaturated/α-hetero) is 1. The lowest BCUT2D eigenvalue weighted by atomic mass is 10.0. The van der Waals surface area contributed by atoms with Gasteiger partial charge in [0, 0.05) is 18.8 Å². The Hall–Kier alpha value is -1.96. The van der Waals surface area contributed by atoms with Crippen molar-refractivity contribution in [1.29, 1.82) is 0 Å². The summed E-state index contributed by atoms with van der Waals surface area (Å²) in [5.41, 5.74) is 3.55. The van der Waals surface area contributed by atoms with E-state index in [1.807, 2.05) is 12.1 Å². The number of carbonyl (C=O) groups is 1. The standard InChI is InChI=1S/C15H15NO/c1-12(17)2-3-13-4-6-14(7-5-13)15-8-10-16-11-9-15/h4-11H,2-3H2,1H3. The molecule has 2 heteroatoms. The van der Waals surface area contributed by atoms with Crippen molar-refractivity contribution in [3.05, 3.63) is 54.4 Å². The number of hydrogen-bond donors (Lipinski definition) is 0. The molecule has 1 heterocycles. The van der Waals surface area contributed by atoms with Gasteiger partial charge in [-0.1, -0.05) is 24.3 Å². The van der Waals surface area contributed by atoms with Gasteiger partial charge in [-0.25, -0.2) is 0 Å². The molecule has 0 aliphatic heterocycles. The van der Waals surface area contributed by atoms with Crippen LogP contribution in [0.4, 0.5) is 0 Å². The highest BCUT2D eigenvalue weighted by Crippen LogP contribution is 2.19. The first-order valence-electron chi connectivity index (χ1n) is 5.74. The number of aromatic nitrogens is 1. The van der Waals surface area contributed by atoms with Crippen LogP contribution in [0.2, 0.25) is 0 Å². The van der Waals surface area contributed by atoms with Gasteiger partial charge in [0.05, 0.1) is 0 Å². The first kappa shape index (κ1) is 11.5. The van der Waals surface area contributed by atoms with E-state index in [1.165, 1.54) is 11.1 Å². The van der Waals surface area contributed by atoms with E-state index in [9.17, 15) is 4.79 Å².